The lowest BCUT2D eigenvalue weighted by Crippen LogP contribution is -2.00. The highest BCUT2D eigenvalue weighted by atomic mass is 79.9. The zero-order valence-electron chi connectivity index (χ0n) is 11.2. The van der Waals surface area contributed by atoms with Gasteiger partial charge in [-0.25, -0.2) is 0 Å². The van der Waals surface area contributed by atoms with Crippen molar-refractivity contribution < 1.29 is 9.59 Å². The minimum absolute atomic E-state index is 0.0184. The Morgan fingerprint density at radius 1 is 0.947 bits per heavy atom. The second-order valence-corrected chi connectivity index (χ2v) is 3.80. The molecule has 0 aliphatic heterocycles. The fourth-order valence-corrected chi connectivity index (χ4v) is 1.26. The van der Waals surface area contributed by atoms with Crippen LogP contribution in [0.5, 0.6) is 0 Å². The number of carbonyl (C=O) groups is 2. The van der Waals surface area contributed by atoms with Crippen LogP contribution in [0.2, 0.25) is 0 Å². The van der Waals surface area contributed by atoms with Crippen LogP contribution in [0.15, 0.2) is 73.9 Å². The van der Waals surface area contributed by atoms with E-state index in [0.717, 1.165) is 0 Å². The maximum atomic E-state index is 10.9. The summed E-state index contributed by atoms with van der Waals surface area (Å²) in [4.78, 5) is 21.5. The van der Waals surface area contributed by atoms with Gasteiger partial charge in [-0.1, -0.05) is 78.7 Å². The molecule has 0 aromatic heterocycles. The summed E-state index contributed by atoms with van der Waals surface area (Å²) in [6, 6.07) is 0. The number of ketones is 2. The molecule has 0 rings (SSSR count). The van der Waals surface area contributed by atoms with Crippen molar-refractivity contribution in [3.8, 4) is 0 Å². The topological polar surface area (TPSA) is 34.1 Å². The van der Waals surface area contributed by atoms with Crippen LogP contribution >= 0.6 is 15.9 Å². The summed E-state index contributed by atoms with van der Waals surface area (Å²) in [5.74, 6) is 0.0415. The molecule has 0 fully saturated rings. The molecule has 0 heterocycles. The van der Waals surface area contributed by atoms with Gasteiger partial charge in [0, 0.05) is 11.1 Å². The van der Waals surface area contributed by atoms with E-state index >= 15 is 0 Å². The summed E-state index contributed by atoms with van der Waals surface area (Å²) < 4.78 is 0. The minimum atomic E-state index is 0.0184. The Labute approximate surface area is 123 Å². The van der Waals surface area contributed by atoms with E-state index in [1.807, 2.05) is 0 Å². The predicted molar refractivity (Wildman–Crippen MR) is 86.4 cm³/mol. The smallest absolute Gasteiger partial charge is 0.173 e. The van der Waals surface area contributed by atoms with Crippen molar-refractivity contribution in [3.63, 3.8) is 0 Å². The summed E-state index contributed by atoms with van der Waals surface area (Å²) in [7, 11) is 0. The number of allylic oxidation sites excluding steroid dienone is 8. The van der Waals surface area contributed by atoms with Crippen LogP contribution in [0.1, 0.15) is 6.92 Å². The number of alkyl halides is 1. The van der Waals surface area contributed by atoms with Crippen LogP contribution in [-0.4, -0.2) is 16.9 Å². The second-order valence-electron chi connectivity index (χ2n) is 3.24. The van der Waals surface area contributed by atoms with Crippen LogP contribution in [0.25, 0.3) is 0 Å². The average molecular weight is 323 g/mol. The van der Waals surface area contributed by atoms with Crippen molar-refractivity contribution in [2.24, 2.45) is 0 Å². The third-order valence-corrected chi connectivity index (χ3v) is 2.39. The minimum Gasteiger partial charge on any atom is -0.295 e. The summed E-state index contributed by atoms with van der Waals surface area (Å²) in [5.41, 5.74) is 1.19. The Morgan fingerprint density at radius 2 is 1.37 bits per heavy atom. The number of rotatable bonds is 7. The zero-order chi connectivity index (χ0) is 15.3. The Balaban J connectivity index is 0. The highest BCUT2D eigenvalue weighted by molar-refractivity contribution is 9.09. The lowest BCUT2D eigenvalue weighted by atomic mass is 10.2. The summed E-state index contributed by atoms with van der Waals surface area (Å²) in [5, 5.41) is 0.332. The molecule has 3 heteroatoms. The SMILES string of the molecule is C=C/C=C(\C=C)C(=O)CBr.C=C/C=C(\C=C)C(C)=O. The highest BCUT2D eigenvalue weighted by Crippen LogP contribution is 2.00. The van der Waals surface area contributed by atoms with Crippen molar-refractivity contribution in [1.29, 1.82) is 0 Å². The standard InChI is InChI=1S/C8H9BrO.C8H10O/c1-3-5-7(4-2)8(10)6-9;1-4-6-8(5-2)7(3)9/h3-5H,1-2,6H2;4-6H,1-2H2,3H3/b7-5+;8-6+. The quantitative estimate of drug-likeness (QED) is 0.401. The number of hydrogen-bond acceptors (Lipinski definition) is 2. The molecule has 0 radical (unpaired) electrons. The molecular formula is C16H19BrO2. The lowest BCUT2D eigenvalue weighted by molar-refractivity contribution is -0.113. The monoisotopic (exact) mass is 322 g/mol. The van der Waals surface area contributed by atoms with E-state index in [0.29, 0.717) is 16.5 Å². The Morgan fingerprint density at radius 3 is 1.58 bits per heavy atom. The van der Waals surface area contributed by atoms with Gasteiger partial charge in [-0.15, -0.1) is 0 Å². The maximum absolute atomic E-state index is 10.9. The first kappa shape index (κ1) is 19.6. The molecule has 0 unspecified atom stereocenters. The summed E-state index contributed by atoms with van der Waals surface area (Å²) in [6.45, 7) is 15.4. The van der Waals surface area contributed by atoms with Crippen LogP contribution in [0.4, 0.5) is 0 Å². The van der Waals surface area contributed by atoms with Crippen molar-refractivity contribution in [1.82, 2.24) is 0 Å². The van der Waals surface area contributed by atoms with Gasteiger partial charge >= 0.3 is 0 Å². The lowest BCUT2D eigenvalue weighted by Gasteiger charge is -1.92. The largest absolute Gasteiger partial charge is 0.295 e. The predicted octanol–water partition coefficient (Wildman–Crippen LogP) is 4.12. The Hall–Kier alpha value is -1.74. The van der Waals surface area contributed by atoms with Gasteiger partial charge in [-0.3, -0.25) is 9.59 Å². The molecule has 19 heavy (non-hydrogen) atoms. The van der Waals surface area contributed by atoms with Gasteiger partial charge in [0.05, 0.1) is 5.33 Å². The van der Waals surface area contributed by atoms with E-state index in [9.17, 15) is 9.59 Å². The number of carbonyl (C=O) groups excluding carboxylic acids is 2. The van der Waals surface area contributed by atoms with Crippen molar-refractivity contribution in [2.45, 2.75) is 6.92 Å². The first-order chi connectivity index (χ1) is 8.98. The van der Waals surface area contributed by atoms with Gasteiger partial charge in [0.2, 0.25) is 0 Å². The number of hydrogen-bond donors (Lipinski definition) is 0. The molecule has 0 spiro atoms. The number of halogens is 1. The van der Waals surface area contributed by atoms with Crippen LogP contribution in [0.3, 0.4) is 0 Å². The Kier molecular flexibility index (Phi) is 13.1. The molecule has 0 aromatic carbocycles. The number of Topliss-reactive ketones (excluding diaryl/α,β-unsaturated/α-hetero) is 2. The van der Waals surface area contributed by atoms with Gasteiger partial charge in [0.1, 0.15) is 0 Å². The fraction of sp³-hybridized carbons (Fsp3) is 0.125. The molecule has 102 valence electrons. The maximum Gasteiger partial charge on any atom is 0.173 e. The van der Waals surface area contributed by atoms with Gasteiger partial charge in [0.25, 0.3) is 0 Å². The van der Waals surface area contributed by atoms with Crippen LogP contribution < -0.4 is 0 Å². The normalized spacial score (nSPS) is 10.6. The molecule has 0 saturated heterocycles. The average Bonchev–Trinajstić information content (AvgIpc) is 2.41. The summed E-state index contributed by atoms with van der Waals surface area (Å²) >= 11 is 3.05. The molecule has 0 atom stereocenters. The van der Waals surface area contributed by atoms with Crippen LogP contribution in [0, 0.1) is 0 Å². The zero-order valence-corrected chi connectivity index (χ0v) is 12.8. The van der Waals surface area contributed by atoms with E-state index in [1.54, 1.807) is 24.3 Å². The van der Waals surface area contributed by atoms with Gasteiger partial charge in [0.15, 0.2) is 11.6 Å². The second kappa shape index (κ2) is 12.7. The molecule has 2 nitrogen and oxygen atoms in total. The molecule has 0 aliphatic carbocycles. The molecule has 0 N–H and O–H groups in total. The molecule has 0 bridgehead atoms. The Bertz CT molecular complexity index is 426. The van der Waals surface area contributed by atoms with Crippen molar-refractivity contribution in [3.05, 3.63) is 73.9 Å². The van der Waals surface area contributed by atoms with E-state index in [4.69, 9.17) is 0 Å². The van der Waals surface area contributed by atoms with E-state index in [-0.39, 0.29) is 11.6 Å². The molecule has 0 aromatic rings. The van der Waals surface area contributed by atoms with E-state index < -0.39 is 0 Å². The summed E-state index contributed by atoms with van der Waals surface area (Å²) in [6.07, 6.45) is 9.44. The van der Waals surface area contributed by atoms with Gasteiger partial charge < -0.3 is 0 Å². The van der Waals surface area contributed by atoms with E-state index in [2.05, 4.69) is 42.2 Å². The van der Waals surface area contributed by atoms with Gasteiger partial charge in [-0.05, 0) is 6.92 Å². The molecule has 0 amide bonds. The third kappa shape index (κ3) is 9.92. The van der Waals surface area contributed by atoms with E-state index in [1.165, 1.54) is 19.1 Å². The third-order valence-electron chi connectivity index (χ3n) is 1.88. The van der Waals surface area contributed by atoms with Gasteiger partial charge in [-0.2, -0.15) is 0 Å². The first-order valence-electron chi connectivity index (χ1n) is 5.48. The van der Waals surface area contributed by atoms with Crippen molar-refractivity contribution >= 4 is 27.5 Å². The molecular weight excluding hydrogens is 304 g/mol. The van der Waals surface area contributed by atoms with Crippen LogP contribution in [-0.2, 0) is 9.59 Å². The van der Waals surface area contributed by atoms with Crippen molar-refractivity contribution in [2.75, 3.05) is 5.33 Å². The molecule has 0 aliphatic rings. The highest BCUT2D eigenvalue weighted by Gasteiger charge is 2.00. The first-order valence-corrected chi connectivity index (χ1v) is 6.60. The fourth-order valence-electron chi connectivity index (χ4n) is 0.935. The molecule has 0 saturated carbocycles.